The van der Waals surface area contributed by atoms with Crippen LogP contribution in [0.5, 0.6) is 5.75 Å². The van der Waals surface area contributed by atoms with Gasteiger partial charge in [0, 0.05) is 12.1 Å². The minimum atomic E-state index is -0.394. The van der Waals surface area contributed by atoms with Crippen LogP contribution in [0.3, 0.4) is 0 Å². The average Bonchev–Trinajstić information content (AvgIpc) is 2.69. The molecule has 25 heavy (non-hydrogen) atoms. The first-order chi connectivity index (χ1) is 12.3. The van der Waals surface area contributed by atoms with Gasteiger partial charge in [-0.15, -0.1) is 0 Å². The molecule has 3 heteroatoms. The number of hydrogen-bond acceptors (Lipinski definition) is 3. The predicted octanol–water partition coefficient (Wildman–Crippen LogP) is 4.41. The Morgan fingerprint density at radius 3 is 2.08 bits per heavy atom. The molecule has 0 aliphatic heterocycles. The topological polar surface area (TPSA) is 38.3 Å². The van der Waals surface area contributed by atoms with E-state index >= 15 is 0 Å². The molecule has 3 aromatic rings. The Kier molecular flexibility index (Phi) is 5.60. The SMILES string of the molecule is COc1ccc(C(=O)C(NCc2ccccc2)c2ccccc2)cc1. The summed E-state index contributed by atoms with van der Waals surface area (Å²) in [4.78, 5) is 13.1. The second kappa shape index (κ2) is 8.27. The standard InChI is InChI=1S/C22H21NO2/c1-25-20-14-12-19(13-15-20)22(24)21(18-10-6-3-7-11-18)23-16-17-8-4-2-5-9-17/h2-15,21,23H,16H2,1H3. The van der Waals surface area contributed by atoms with E-state index in [2.05, 4.69) is 5.32 Å². The molecule has 0 saturated heterocycles. The second-order valence-corrected chi connectivity index (χ2v) is 5.80. The molecule has 0 heterocycles. The van der Waals surface area contributed by atoms with E-state index in [0.717, 1.165) is 16.9 Å². The van der Waals surface area contributed by atoms with Crippen LogP contribution in [0.2, 0.25) is 0 Å². The van der Waals surface area contributed by atoms with Crippen molar-refractivity contribution in [1.29, 1.82) is 0 Å². The van der Waals surface area contributed by atoms with E-state index in [1.54, 1.807) is 19.2 Å². The van der Waals surface area contributed by atoms with Crippen LogP contribution in [0.15, 0.2) is 84.9 Å². The number of carbonyl (C=O) groups is 1. The van der Waals surface area contributed by atoms with Gasteiger partial charge in [-0.1, -0.05) is 60.7 Å². The highest BCUT2D eigenvalue weighted by atomic mass is 16.5. The van der Waals surface area contributed by atoms with Crippen molar-refractivity contribution in [3.63, 3.8) is 0 Å². The highest BCUT2D eigenvalue weighted by Crippen LogP contribution is 2.21. The van der Waals surface area contributed by atoms with E-state index in [1.165, 1.54) is 0 Å². The van der Waals surface area contributed by atoms with E-state index in [4.69, 9.17) is 4.74 Å². The Hall–Kier alpha value is -2.91. The third kappa shape index (κ3) is 4.34. The van der Waals surface area contributed by atoms with E-state index in [0.29, 0.717) is 12.1 Å². The summed E-state index contributed by atoms with van der Waals surface area (Å²) in [5, 5.41) is 3.40. The fourth-order valence-electron chi connectivity index (χ4n) is 2.75. The fourth-order valence-corrected chi connectivity index (χ4v) is 2.75. The number of nitrogens with one attached hydrogen (secondary N) is 1. The molecule has 1 unspecified atom stereocenters. The Labute approximate surface area is 148 Å². The van der Waals surface area contributed by atoms with Crippen LogP contribution < -0.4 is 10.1 Å². The summed E-state index contributed by atoms with van der Waals surface area (Å²) < 4.78 is 5.17. The molecule has 0 bridgehead atoms. The molecule has 0 radical (unpaired) electrons. The highest BCUT2D eigenvalue weighted by molar-refractivity contribution is 6.00. The van der Waals surface area contributed by atoms with Crippen molar-refractivity contribution in [3.05, 3.63) is 102 Å². The van der Waals surface area contributed by atoms with Crippen LogP contribution in [0, 0.1) is 0 Å². The zero-order chi connectivity index (χ0) is 17.5. The number of hydrogen-bond donors (Lipinski definition) is 1. The third-order valence-electron chi connectivity index (χ3n) is 4.12. The highest BCUT2D eigenvalue weighted by Gasteiger charge is 2.21. The lowest BCUT2D eigenvalue weighted by Crippen LogP contribution is -2.28. The van der Waals surface area contributed by atoms with E-state index < -0.39 is 6.04 Å². The van der Waals surface area contributed by atoms with Crippen molar-refractivity contribution in [2.45, 2.75) is 12.6 Å². The molecule has 0 aliphatic carbocycles. The molecular formula is C22H21NO2. The van der Waals surface area contributed by atoms with Gasteiger partial charge in [0.2, 0.25) is 0 Å². The van der Waals surface area contributed by atoms with Crippen molar-refractivity contribution in [3.8, 4) is 5.75 Å². The van der Waals surface area contributed by atoms with Crippen molar-refractivity contribution in [2.24, 2.45) is 0 Å². The number of ether oxygens (including phenoxy) is 1. The van der Waals surface area contributed by atoms with Crippen LogP contribution in [-0.2, 0) is 6.54 Å². The van der Waals surface area contributed by atoms with Gasteiger partial charge in [0.15, 0.2) is 5.78 Å². The van der Waals surface area contributed by atoms with Gasteiger partial charge in [-0.2, -0.15) is 0 Å². The molecule has 3 nitrogen and oxygen atoms in total. The minimum Gasteiger partial charge on any atom is -0.497 e. The number of carbonyl (C=O) groups excluding carboxylic acids is 1. The summed E-state index contributed by atoms with van der Waals surface area (Å²) in [6.07, 6.45) is 0. The molecule has 0 saturated carbocycles. The Morgan fingerprint density at radius 1 is 0.880 bits per heavy atom. The Morgan fingerprint density at radius 2 is 1.48 bits per heavy atom. The number of methoxy groups -OCH3 is 1. The second-order valence-electron chi connectivity index (χ2n) is 5.80. The molecule has 0 aromatic heterocycles. The van der Waals surface area contributed by atoms with Gasteiger partial charge in [-0.3, -0.25) is 10.1 Å². The van der Waals surface area contributed by atoms with E-state index in [9.17, 15) is 4.79 Å². The summed E-state index contributed by atoms with van der Waals surface area (Å²) in [5.41, 5.74) is 2.76. The Bertz CT molecular complexity index is 798. The molecular weight excluding hydrogens is 310 g/mol. The average molecular weight is 331 g/mol. The zero-order valence-corrected chi connectivity index (χ0v) is 14.2. The summed E-state index contributed by atoms with van der Waals surface area (Å²) in [6, 6.07) is 26.7. The van der Waals surface area contributed by atoms with Crippen LogP contribution >= 0.6 is 0 Å². The lowest BCUT2D eigenvalue weighted by molar-refractivity contribution is 0.0942. The normalized spacial score (nSPS) is 11.7. The van der Waals surface area contributed by atoms with Crippen LogP contribution in [0.4, 0.5) is 0 Å². The monoisotopic (exact) mass is 331 g/mol. The molecule has 1 atom stereocenters. The Balaban J connectivity index is 1.83. The number of Topliss-reactive ketones (excluding diaryl/α,β-unsaturated/α-hetero) is 1. The van der Waals surface area contributed by atoms with Gasteiger partial charge in [-0.05, 0) is 35.4 Å². The summed E-state index contributed by atoms with van der Waals surface area (Å²) >= 11 is 0. The maximum atomic E-state index is 13.1. The summed E-state index contributed by atoms with van der Waals surface area (Å²) in [6.45, 7) is 0.627. The minimum absolute atomic E-state index is 0.0461. The van der Waals surface area contributed by atoms with Crippen molar-refractivity contribution >= 4 is 5.78 Å². The lowest BCUT2D eigenvalue weighted by atomic mass is 9.97. The summed E-state index contributed by atoms with van der Waals surface area (Å²) in [5.74, 6) is 0.787. The lowest BCUT2D eigenvalue weighted by Gasteiger charge is -2.18. The molecule has 0 aliphatic rings. The van der Waals surface area contributed by atoms with Gasteiger partial charge < -0.3 is 4.74 Å². The quantitative estimate of drug-likeness (QED) is 0.652. The van der Waals surface area contributed by atoms with Crippen molar-refractivity contribution < 1.29 is 9.53 Å². The zero-order valence-electron chi connectivity index (χ0n) is 14.2. The summed E-state index contributed by atoms with van der Waals surface area (Å²) in [7, 11) is 1.62. The maximum absolute atomic E-state index is 13.1. The number of ketones is 1. The fraction of sp³-hybridized carbons (Fsp3) is 0.136. The predicted molar refractivity (Wildman–Crippen MR) is 99.8 cm³/mol. The molecule has 1 N–H and O–H groups in total. The third-order valence-corrected chi connectivity index (χ3v) is 4.12. The largest absolute Gasteiger partial charge is 0.497 e. The van der Waals surface area contributed by atoms with Gasteiger partial charge in [0.25, 0.3) is 0 Å². The van der Waals surface area contributed by atoms with Gasteiger partial charge >= 0.3 is 0 Å². The first-order valence-corrected chi connectivity index (χ1v) is 8.28. The molecule has 126 valence electrons. The molecule has 0 spiro atoms. The smallest absolute Gasteiger partial charge is 0.184 e. The number of benzene rings is 3. The van der Waals surface area contributed by atoms with E-state index in [1.807, 2.05) is 72.8 Å². The van der Waals surface area contributed by atoms with Gasteiger partial charge in [0.1, 0.15) is 5.75 Å². The van der Waals surface area contributed by atoms with Crippen molar-refractivity contribution in [2.75, 3.05) is 7.11 Å². The van der Waals surface area contributed by atoms with Crippen LogP contribution in [0.25, 0.3) is 0 Å². The van der Waals surface area contributed by atoms with E-state index in [-0.39, 0.29) is 5.78 Å². The van der Waals surface area contributed by atoms with Crippen molar-refractivity contribution in [1.82, 2.24) is 5.32 Å². The first kappa shape index (κ1) is 16.9. The van der Waals surface area contributed by atoms with Gasteiger partial charge in [-0.25, -0.2) is 0 Å². The van der Waals surface area contributed by atoms with Crippen LogP contribution in [-0.4, -0.2) is 12.9 Å². The first-order valence-electron chi connectivity index (χ1n) is 8.28. The maximum Gasteiger partial charge on any atom is 0.184 e. The molecule has 3 rings (SSSR count). The van der Waals surface area contributed by atoms with Crippen LogP contribution in [0.1, 0.15) is 27.5 Å². The number of rotatable bonds is 7. The van der Waals surface area contributed by atoms with Gasteiger partial charge in [0.05, 0.1) is 13.2 Å². The molecule has 3 aromatic carbocycles. The molecule has 0 fully saturated rings. The molecule has 0 amide bonds.